The molecule has 0 aliphatic heterocycles. The minimum atomic E-state index is -2.99. The molecule has 3 N–H and O–H groups in total. The van der Waals surface area contributed by atoms with Crippen LogP contribution in [0.15, 0.2) is 0 Å². The Kier molecular flexibility index (Phi) is 2.16. The summed E-state index contributed by atoms with van der Waals surface area (Å²) in [5.74, 6) is -4.54. The number of carboxylic acids is 2. The number of amides is 1. The van der Waals surface area contributed by atoms with Gasteiger partial charge >= 0.3 is 11.9 Å². The molecule has 6 nitrogen and oxygen atoms in total. The minimum Gasteiger partial charge on any atom is -0.481 e. The zero-order valence-corrected chi connectivity index (χ0v) is 5.90. The van der Waals surface area contributed by atoms with Crippen molar-refractivity contribution in [3.8, 4) is 0 Å². The SMILES string of the molecule is [2H]C([2H])([2H])C(=O)N[C@@H](CC(=O)O)C(=O)O. The first kappa shape index (κ1) is 5.99. The lowest BCUT2D eigenvalue weighted by Crippen LogP contribution is -2.41. The van der Waals surface area contributed by atoms with Crippen molar-refractivity contribution < 1.29 is 28.7 Å². The van der Waals surface area contributed by atoms with Crippen molar-refractivity contribution in [2.75, 3.05) is 0 Å². The lowest BCUT2D eigenvalue weighted by Gasteiger charge is -2.09. The van der Waals surface area contributed by atoms with Crippen molar-refractivity contribution in [2.24, 2.45) is 0 Å². The average Bonchev–Trinajstić information content (AvgIpc) is 1.99. The highest BCUT2D eigenvalue weighted by atomic mass is 16.4. The molecule has 0 aliphatic rings. The van der Waals surface area contributed by atoms with Crippen LogP contribution < -0.4 is 5.32 Å². The molecule has 1 amide bonds. The number of nitrogens with one attached hydrogen (secondary N) is 1. The summed E-state index contributed by atoms with van der Waals surface area (Å²) in [5.41, 5.74) is 0. The monoisotopic (exact) mass is 178 g/mol. The molecule has 0 saturated heterocycles. The second kappa shape index (κ2) is 4.32. The van der Waals surface area contributed by atoms with Crippen LogP contribution in [-0.2, 0) is 14.4 Å². The highest BCUT2D eigenvalue weighted by molar-refractivity contribution is 5.85. The summed E-state index contributed by atoms with van der Waals surface area (Å²) < 4.78 is 19.9. The first-order valence-electron chi connectivity index (χ1n) is 4.40. The zero-order valence-electron chi connectivity index (χ0n) is 8.90. The van der Waals surface area contributed by atoms with Crippen molar-refractivity contribution in [3.63, 3.8) is 0 Å². The second-order valence-electron chi connectivity index (χ2n) is 1.96. The van der Waals surface area contributed by atoms with Crippen LogP contribution in [0.25, 0.3) is 0 Å². The number of carbonyl (C=O) groups excluding carboxylic acids is 1. The molecule has 6 heteroatoms. The first-order chi connectivity index (χ1) is 6.64. The number of hydrogen-bond acceptors (Lipinski definition) is 3. The third-order valence-corrected chi connectivity index (χ3v) is 0.982. The second-order valence-corrected chi connectivity index (χ2v) is 1.96. The van der Waals surface area contributed by atoms with Gasteiger partial charge in [-0.1, -0.05) is 0 Å². The highest BCUT2D eigenvalue weighted by Crippen LogP contribution is 1.91. The fourth-order valence-corrected chi connectivity index (χ4v) is 0.533. The van der Waals surface area contributed by atoms with Gasteiger partial charge in [0.25, 0.3) is 0 Å². The quantitative estimate of drug-likeness (QED) is 0.515. The molecule has 0 fully saturated rings. The number of aliphatic carboxylic acids is 2. The Hall–Kier alpha value is -1.59. The molecular formula is C6H9NO5. The zero-order chi connectivity index (χ0) is 12.2. The summed E-state index contributed by atoms with van der Waals surface area (Å²) >= 11 is 0. The van der Waals surface area contributed by atoms with E-state index in [0.717, 1.165) is 0 Å². The van der Waals surface area contributed by atoms with Crippen molar-refractivity contribution in [2.45, 2.75) is 19.3 Å². The van der Waals surface area contributed by atoms with E-state index >= 15 is 0 Å². The van der Waals surface area contributed by atoms with Crippen LogP contribution in [0, 0.1) is 0 Å². The lowest BCUT2D eigenvalue weighted by molar-refractivity contribution is -0.147. The van der Waals surface area contributed by atoms with Gasteiger partial charge in [-0.15, -0.1) is 0 Å². The molecule has 0 spiro atoms. The van der Waals surface area contributed by atoms with E-state index in [0.29, 0.717) is 0 Å². The number of carbonyl (C=O) groups is 3. The van der Waals surface area contributed by atoms with Gasteiger partial charge in [-0.25, -0.2) is 4.79 Å². The highest BCUT2D eigenvalue weighted by Gasteiger charge is 2.21. The van der Waals surface area contributed by atoms with Crippen LogP contribution in [0.2, 0.25) is 0 Å². The third kappa shape index (κ3) is 4.26. The summed E-state index contributed by atoms with van der Waals surface area (Å²) in [6.07, 6.45) is -0.878. The number of hydrogen-bond donors (Lipinski definition) is 3. The van der Waals surface area contributed by atoms with Crippen LogP contribution in [0.1, 0.15) is 17.4 Å². The Morgan fingerprint density at radius 1 is 1.50 bits per heavy atom. The number of rotatable bonds is 4. The van der Waals surface area contributed by atoms with E-state index in [1.165, 1.54) is 0 Å². The van der Waals surface area contributed by atoms with E-state index in [-0.39, 0.29) is 0 Å². The van der Waals surface area contributed by atoms with E-state index in [2.05, 4.69) is 0 Å². The molecule has 0 rings (SSSR count). The Bertz CT molecular complexity index is 287. The molecule has 12 heavy (non-hydrogen) atoms. The van der Waals surface area contributed by atoms with Gasteiger partial charge in [-0.2, -0.15) is 0 Å². The summed E-state index contributed by atoms with van der Waals surface area (Å²) in [6, 6.07) is -1.74. The van der Waals surface area contributed by atoms with E-state index in [1.807, 2.05) is 0 Å². The van der Waals surface area contributed by atoms with Crippen molar-refractivity contribution >= 4 is 17.8 Å². The maximum atomic E-state index is 10.8. The molecule has 0 saturated carbocycles. The van der Waals surface area contributed by atoms with Gasteiger partial charge in [-0.3, -0.25) is 9.59 Å². The minimum absolute atomic E-state index is 0.878. The first-order valence-corrected chi connectivity index (χ1v) is 2.90. The Labute approximate surface area is 72.4 Å². The van der Waals surface area contributed by atoms with E-state index in [1.54, 1.807) is 5.32 Å². The summed E-state index contributed by atoms with van der Waals surface area (Å²) in [4.78, 5) is 31.5. The van der Waals surface area contributed by atoms with E-state index in [9.17, 15) is 14.4 Å². The fourth-order valence-electron chi connectivity index (χ4n) is 0.533. The van der Waals surface area contributed by atoms with Crippen molar-refractivity contribution in [3.05, 3.63) is 0 Å². The van der Waals surface area contributed by atoms with E-state index in [4.69, 9.17) is 14.3 Å². The van der Waals surface area contributed by atoms with Gasteiger partial charge < -0.3 is 15.5 Å². The van der Waals surface area contributed by atoms with E-state index < -0.39 is 37.2 Å². The normalized spacial score (nSPS) is 16.5. The topological polar surface area (TPSA) is 104 Å². The van der Waals surface area contributed by atoms with Crippen LogP contribution in [0.4, 0.5) is 0 Å². The molecule has 0 aromatic rings. The van der Waals surface area contributed by atoms with Crippen LogP contribution in [-0.4, -0.2) is 34.1 Å². The molecule has 0 aromatic carbocycles. The summed E-state index contributed by atoms with van der Waals surface area (Å²) in [6.45, 7) is -2.99. The van der Waals surface area contributed by atoms with Crippen LogP contribution in [0.5, 0.6) is 0 Å². The third-order valence-electron chi connectivity index (χ3n) is 0.982. The molecule has 68 valence electrons. The molecule has 0 unspecified atom stereocenters. The van der Waals surface area contributed by atoms with Gasteiger partial charge in [0, 0.05) is 11.0 Å². The van der Waals surface area contributed by atoms with Crippen LogP contribution >= 0.6 is 0 Å². The largest absolute Gasteiger partial charge is 0.481 e. The molecule has 1 atom stereocenters. The molecule has 0 bridgehead atoms. The molecular weight excluding hydrogens is 166 g/mol. The van der Waals surface area contributed by atoms with Gasteiger partial charge in [0.1, 0.15) is 6.04 Å². The Morgan fingerprint density at radius 3 is 2.42 bits per heavy atom. The molecule has 0 heterocycles. The summed E-state index contributed by atoms with van der Waals surface area (Å²) in [5, 5.41) is 18.4. The van der Waals surface area contributed by atoms with Crippen molar-refractivity contribution in [1.82, 2.24) is 5.32 Å². The average molecular weight is 178 g/mol. The lowest BCUT2D eigenvalue weighted by atomic mass is 10.2. The van der Waals surface area contributed by atoms with Crippen LogP contribution in [0.3, 0.4) is 0 Å². The molecule has 0 aliphatic carbocycles. The predicted molar refractivity (Wildman–Crippen MR) is 37.5 cm³/mol. The number of carboxylic acid groups (broad SMARTS) is 2. The van der Waals surface area contributed by atoms with Gasteiger partial charge in [-0.05, 0) is 0 Å². The smallest absolute Gasteiger partial charge is 0.326 e. The maximum Gasteiger partial charge on any atom is 0.326 e. The van der Waals surface area contributed by atoms with Gasteiger partial charge in [0.2, 0.25) is 5.91 Å². The maximum absolute atomic E-state index is 10.8. The summed E-state index contributed by atoms with van der Waals surface area (Å²) in [7, 11) is 0. The molecule has 0 radical (unpaired) electrons. The van der Waals surface area contributed by atoms with Gasteiger partial charge in [0.05, 0.1) is 6.42 Å². The Balaban J connectivity index is 4.50. The standard InChI is InChI=1S/C6H9NO5/c1-3(8)7-4(6(11)12)2-5(9)10/h4H,2H2,1H3,(H,7,8)(H,9,10)(H,11,12)/t4-/m0/s1/i1D3. The molecule has 0 aromatic heterocycles. The van der Waals surface area contributed by atoms with Gasteiger partial charge in [0.15, 0.2) is 0 Å². The fraction of sp³-hybridized carbons (Fsp3) is 0.500. The Morgan fingerprint density at radius 2 is 2.08 bits per heavy atom. The predicted octanol–water partition coefficient (Wildman–Crippen LogP) is -0.950. The van der Waals surface area contributed by atoms with Crippen molar-refractivity contribution in [1.29, 1.82) is 0 Å².